The van der Waals surface area contributed by atoms with Crippen LogP contribution in [0.2, 0.25) is 0 Å². The number of carboxylic acids is 1. The molecular weight excluding hydrogens is 182 g/mol. The molecule has 0 spiro atoms. The molecule has 0 saturated carbocycles. The van der Waals surface area contributed by atoms with Gasteiger partial charge in [-0.2, -0.15) is 0 Å². The predicted molar refractivity (Wildman–Crippen MR) is 51.9 cm³/mol. The van der Waals surface area contributed by atoms with Crippen LogP contribution in [0.1, 0.15) is 23.1 Å². The summed E-state index contributed by atoms with van der Waals surface area (Å²) in [6.45, 7) is 2.45. The van der Waals surface area contributed by atoms with E-state index in [2.05, 4.69) is 4.98 Å². The number of aromatic nitrogens is 1. The second-order valence-corrected chi connectivity index (χ2v) is 2.51. The van der Waals surface area contributed by atoms with Gasteiger partial charge >= 0.3 is 5.97 Å². The fourth-order valence-corrected chi connectivity index (χ4v) is 0.877. The van der Waals surface area contributed by atoms with Gasteiger partial charge in [0, 0.05) is 0 Å². The maximum absolute atomic E-state index is 10.6. The third-order valence-corrected chi connectivity index (χ3v) is 1.49. The molecule has 0 unspecified atom stereocenters. The van der Waals surface area contributed by atoms with Crippen LogP contribution < -0.4 is 0 Å². The Balaban J connectivity index is 2.78. The Labute approximate surface area is 81.9 Å². The average Bonchev–Trinajstić information content (AvgIpc) is 2.19. The highest BCUT2D eigenvalue weighted by molar-refractivity contribution is 5.85. The summed E-state index contributed by atoms with van der Waals surface area (Å²) >= 11 is 0. The molecule has 1 N–H and O–H groups in total. The summed E-state index contributed by atoms with van der Waals surface area (Å²) in [5, 5.41) is 8.66. The highest BCUT2D eigenvalue weighted by Gasteiger charge is 2.02. The largest absolute Gasteiger partial charge is 0.501 e. The topological polar surface area (TPSA) is 59.4 Å². The molecule has 0 aliphatic heterocycles. The molecule has 1 aromatic heterocycles. The Morgan fingerprint density at radius 3 is 3.07 bits per heavy atom. The first-order chi connectivity index (χ1) is 6.74. The van der Waals surface area contributed by atoms with E-state index in [1.54, 1.807) is 18.2 Å². The zero-order valence-corrected chi connectivity index (χ0v) is 7.80. The van der Waals surface area contributed by atoms with E-state index in [1.807, 2.05) is 6.92 Å². The maximum atomic E-state index is 10.6. The molecule has 0 saturated heterocycles. The Morgan fingerprint density at radius 1 is 1.64 bits per heavy atom. The van der Waals surface area contributed by atoms with Gasteiger partial charge in [0.05, 0.1) is 18.6 Å². The maximum Gasteiger partial charge on any atom is 0.354 e. The van der Waals surface area contributed by atoms with Gasteiger partial charge in [0.1, 0.15) is 5.69 Å². The molecule has 0 aliphatic carbocycles. The molecule has 4 nitrogen and oxygen atoms in total. The molecule has 0 aliphatic rings. The van der Waals surface area contributed by atoms with Gasteiger partial charge in [0.25, 0.3) is 0 Å². The van der Waals surface area contributed by atoms with E-state index < -0.39 is 5.97 Å². The standard InChI is InChI=1S/C10H11NO3/c1-2-14-7-6-8-4-3-5-9(11-8)10(12)13/h3-7H,2H2,1H3,(H,12,13). The van der Waals surface area contributed by atoms with Crippen LogP contribution in [0.3, 0.4) is 0 Å². The SMILES string of the molecule is CCOC=Cc1cccc(C(=O)O)n1. The van der Waals surface area contributed by atoms with Crippen LogP contribution in [0.15, 0.2) is 24.5 Å². The van der Waals surface area contributed by atoms with Crippen LogP contribution in [0, 0.1) is 0 Å². The lowest BCUT2D eigenvalue weighted by molar-refractivity contribution is 0.0690. The third kappa shape index (κ3) is 2.90. The summed E-state index contributed by atoms with van der Waals surface area (Å²) in [6, 6.07) is 4.80. The first-order valence-electron chi connectivity index (χ1n) is 4.22. The number of carboxylic acid groups (broad SMARTS) is 1. The van der Waals surface area contributed by atoms with Crippen LogP contribution in [0.4, 0.5) is 0 Å². The Hall–Kier alpha value is -1.84. The van der Waals surface area contributed by atoms with Gasteiger partial charge in [-0.3, -0.25) is 0 Å². The van der Waals surface area contributed by atoms with E-state index in [0.29, 0.717) is 12.3 Å². The third-order valence-electron chi connectivity index (χ3n) is 1.49. The highest BCUT2D eigenvalue weighted by Crippen LogP contribution is 2.01. The molecule has 1 heterocycles. The number of nitrogens with zero attached hydrogens (tertiary/aromatic N) is 1. The van der Waals surface area contributed by atoms with Crippen molar-refractivity contribution in [1.29, 1.82) is 0 Å². The molecule has 0 fully saturated rings. The highest BCUT2D eigenvalue weighted by atomic mass is 16.5. The molecule has 0 bridgehead atoms. The average molecular weight is 193 g/mol. The lowest BCUT2D eigenvalue weighted by Gasteiger charge is -1.96. The number of rotatable bonds is 4. The summed E-state index contributed by atoms with van der Waals surface area (Å²) in [6.07, 6.45) is 3.11. The van der Waals surface area contributed by atoms with Crippen molar-refractivity contribution in [3.8, 4) is 0 Å². The fraction of sp³-hybridized carbons (Fsp3) is 0.200. The number of hydrogen-bond donors (Lipinski definition) is 1. The van der Waals surface area contributed by atoms with E-state index in [9.17, 15) is 4.79 Å². The zero-order valence-electron chi connectivity index (χ0n) is 7.80. The number of hydrogen-bond acceptors (Lipinski definition) is 3. The lowest BCUT2D eigenvalue weighted by Crippen LogP contribution is -2.00. The number of carbonyl (C=O) groups is 1. The summed E-state index contributed by atoms with van der Waals surface area (Å²) in [5.74, 6) is -1.03. The summed E-state index contributed by atoms with van der Waals surface area (Å²) in [7, 11) is 0. The lowest BCUT2D eigenvalue weighted by atomic mass is 10.3. The van der Waals surface area contributed by atoms with Crippen molar-refractivity contribution in [2.45, 2.75) is 6.92 Å². The van der Waals surface area contributed by atoms with E-state index >= 15 is 0 Å². The van der Waals surface area contributed by atoms with Gasteiger partial charge in [-0.1, -0.05) is 6.07 Å². The predicted octanol–water partition coefficient (Wildman–Crippen LogP) is 1.79. The Morgan fingerprint density at radius 2 is 2.43 bits per heavy atom. The van der Waals surface area contributed by atoms with Gasteiger partial charge in [-0.05, 0) is 25.1 Å². The van der Waals surface area contributed by atoms with Crippen LogP contribution in [-0.4, -0.2) is 22.7 Å². The van der Waals surface area contributed by atoms with Crippen LogP contribution in [-0.2, 0) is 4.74 Å². The van der Waals surface area contributed by atoms with Crippen molar-refractivity contribution in [3.05, 3.63) is 35.8 Å². The summed E-state index contributed by atoms with van der Waals surface area (Å²) < 4.78 is 4.97. The Bertz CT molecular complexity index is 347. The first-order valence-corrected chi connectivity index (χ1v) is 4.22. The molecule has 0 amide bonds. The molecule has 4 heteroatoms. The quantitative estimate of drug-likeness (QED) is 0.740. The number of aromatic carboxylic acids is 1. The molecule has 14 heavy (non-hydrogen) atoms. The van der Waals surface area contributed by atoms with Crippen LogP contribution >= 0.6 is 0 Å². The normalized spacial score (nSPS) is 10.4. The molecular formula is C10H11NO3. The first kappa shape index (κ1) is 10.2. The van der Waals surface area contributed by atoms with Crippen molar-refractivity contribution in [3.63, 3.8) is 0 Å². The van der Waals surface area contributed by atoms with E-state index in [4.69, 9.17) is 9.84 Å². The van der Waals surface area contributed by atoms with Gasteiger partial charge in [-0.15, -0.1) is 0 Å². The fourth-order valence-electron chi connectivity index (χ4n) is 0.877. The number of pyridine rings is 1. The van der Waals surface area contributed by atoms with Crippen molar-refractivity contribution in [2.75, 3.05) is 6.61 Å². The van der Waals surface area contributed by atoms with Crippen molar-refractivity contribution < 1.29 is 14.6 Å². The Kier molecular flexibility index (Phi) is 3.67. The van der Waals surface area contributed by atoms with Crippen molar-refractivity contribution in [1.82, 2.24) is 4.98 Å². The summed E-state index contributed by atoms with van der Waals surface area (Å²) in [4.78, 5) is 14.4. The minimum Gasteiger partial charge on any atom is -0.501 e. The molecule has 0 atom stereocenters. The monoisotopic (exact) mass is 193 g/mol. The second kappa shape index (κ2) is 5.01. The van der Waals surface area contributed by atoms with Gasteiger partial charge in [0.2, 0.25) is 0 Å². The molecule has 0 radical (unpaired) electrons. The minimum absolute atomic E-state index is 0.0312. The summed E-state index contributed by atoms with van der Waals surface area (Å²) in [5.41, 5.74) is 0.599. The van der Waals surface area contributed by atoms with Crippen LogP contribution in [0.25, 0.3) is 6.08 Å². The van der Waals surface area contributed by atoms with Crippen molar-refractivity contribution >= 4 is 12.0 Å². The molecule has 74 valence electrons. The molecule has 0 aromatic carbocycles. The van der Waals surface area contributed by atoms with Gasteiger partial charge in [0.15, 0.2) is 0 Å². The van der Waals surface area contributed by atoms with Gasteiger partial charge < -0.3 is 9.84 Å². The van der Waals surface area contributed by atoms with E-state index in [0.717, 1.165) is 0 Å². The van der Waals surface area contributed by atoms with Crippen molar-refractivity contribution in [2.24, 2.45) is 0 Å². The van der Waals surface area contributed by atoms with Crippen LogP contribution in [0.5, 0.6) is 0 Å². The smallest absolute Gasteiger partial charge is 0.354 e. The second-order valence-electron chi connectivity index (χ2n) is 2.51. The van der Waals surface area contributed by atoms with E-state index in [-0.39, 0.29) is 5.69 Å². The number of ether oxygens (including phenoxy) is 1. The van der Waals surface area contributed by atoms with Gasteiger partial charge in [-0.25, -0.2) is 9.78 Å². The molecule has 1 aromatic rings. The molecule has 1 rings (SSSR count). The minimum atomic E-state index is -1.03. The van der Waals surface area contributed by atoms with E-state index in [1.165, 1.54) is 12.3 Å². The zero-order chi connectivity index (χ0) is 10.4.